The van der Waals surface area contributed by atoms with Crippen molar-refractivity contribution in [2.75, 3.05) is 5.73 Å². The van der Waals surface area contributed by atoms with E-state index >= 15 is 0 Å². The first-order chi connectivity index (χ1) is 6.52. The van der Waals surface area contributed by atoms with Crippen molar-refractivity contribution in [3.63, 3.8) is 0 Å². The van der Waals surface area contributed by atoms with Crippen molar-refractivity contribution in [3.05, 3.63) is 35.4 Å². The minimum absolute atomic E-state index is 0.134. The number of nitrogens with two attached hydrogens (primary N) is 2. The Morgan fingerprint density at radius 3 is 2.21 bits per heavy atom. The predicted octanol–water partition coefficient (Wildman–Crippen LogP) is 1.04. The first-order valence-corrected chi connectivity index (χ1v) is 4.08. The lowest BCUT2D eigenvalue weighted by Crippen LogP contribution is -2.07. The number of carboxylic acids is 1. The van der Waals surface area contributed by atoms with Crippen molar-refractivity contribution in [2.24, 2.45) is 5.73 Å². The molecule has 0 saturated heterocycles. The standard InChI is InChI=1S/C10H12N2O2/c1-6(10(13)14)9(12)7-2-4-8(11)5-3-7/h2-5H,11-12H2,1H3,(H,13,14). The van der Waals surface area contributed by atoms with Crippen LogP contribution in [0.15, 0.2) is 29.8 Å². The van der Waals surface area contributed by atoms with Crippen molar-refractivity contribution in [1.29, 1.82) is 0 Å². The zero-order valence-electron chi connectivity index (χ0n) is 7.82. The number of benzene rings is 1. The van der Waals surface area contributed by atoms with Crippen molar-refractivity contribution >= 4 is 17.4 Å². The summed E-state index contributed by atoms with van der Waals surface area (Å²) in [6.07, 6.45) is 0. The smallest absolute Gasteiger partial charge is 0.333 e. The fraction of sp³-hybridized carbons (Fsp3) is 0.100. The highest BCUT2D eigenvalue weighted by atomic mass is 16.4. The number of carboxylic acid groups (broad SMARTS) is 1. The van der Waals surface area contributed by atoms with Gasteiger partial charge in [0, 0.05) is 11.4 Å². The maximum atomic E-state index is 10.6. The van der Waals surface area contributed by atoms with Gasteiger partial charge in [-0.3, -0.25) is 0 Å². The Hall–Kier alpha value is -1.97. The molecule has 0 atom stereocenters. The molecule has 0 fully saturated rings. The summed E-state index contributed by atoms with van der Waals surface area (Å²) in [6.45, 7) is 1.47. The molecule has 0 aliphatic carbocycles. The molecule has 0 amide bonds. The predicted molar refractivity (Wildman–Crippen MR) is 55.3 cm³/mol. The number of aliphatic carboxylic acids is 1. The van der Waals surface area contributed by atoms with E-state index < -0.39 is 5.97 Å². The van der Waals surface area contributed by atoms with Gasteiger partial charge in [-0.1, -0.05) is 12.1 Å². The second kappa shape index (κ2) is 3.83. The molecule has 74 valence electrons. The second-order valence-electron chi connectivity index (χ2n) is 2.97. The number of nitrogen functional groups attached to an aromatic ring is 1. The third-order valence-electron chi connectivity index (χ3n) is 1.95. The van der Waals surface area contributed by atoms with Gasteiger partial charge in [-0.2, -0.15) is 0 Å². The van der Waals surface area contributed by atoms with Gasteiger partial charge in [0.25, 0.3) is 0 Å². The van der Waals surface area contributed by atoms with E-state index in [1.165, 1.54) is 6.92 Å². The molecule has 0 heterocycles. The van der Waals surface area contributed by atoms with E-state index in [1.54, 1.807) is 24.3 Å². The van der Waals surface area contributed by atoms with Crippen LogP contribution in [0.1, 0.15) is 12.5 Å². The molecule has 1 aromatic carbocycles. The number of carbonyl (C=O) groups is 1. The second-order valence-corrected chi connectivity index (χ2v) is 2.97. The summed E-state index contributed by atoms with van der Waals surface area (Å²) in [5.74, 6) is -1.01. The number of hydrogen-bond acceptors (Lipinski definition) is 3. The highest BCUT2D eigenvalue weighted by Crippen LogP contribution is 2.15. The number of rotatable bonds is 2. The lowest BCUT2D eigenvalue weighted by atomic mass is 10.1. The van der Waals surface area contributed by atoms with Crippen LogP contribution in [0.2, 0.25) is 0 Å². The molecule has 1 rings (SSSR count). The molecular formula is C10H12N2O2. The molecule has 0 spiro atoms. The van der Waals surface area contributed by atoms with Gasteiger partial charge in [0.2, 0.25) is 0 Å². The molecule has 0 aromatic heterocycles. The zero-order chi connectivity index (χ0) is 10.7. The van der Waals surface area contributed by atoms with Crippen molar-refractivity contribution in [2.45, 2.75) is 6.92 Å². The summed E-state index contributed by atoms with van der Waals surface area (Å²) < 4.78 is 0. The summed E-state index contributed by atoms with van der Waals surface area (Å²) >= 11 is 0. The monoisotopic (exact) mass is 192 g/mol. The summed E-state index contributed by atoms with van der Waals surface area (Å²) in [5, 5.41) is 8.71. The zero-order valence-corrected chi connectivity index (χ0v) is 7.82. The van der Waals surface area contributed by atoms with E-state index in [1.807, 2.05) is 0 Å². The Bertz CT molecular complexity index is 380. The lowest BCUT2D eigenvalue weighted by molar-refractivity contribution is -0.132. The molecule has 0 bridgehead atoms. The maximum Gasteiger partial charge on any atom is 0.333 e. The highest BCUT2D eigenvalue weighted by Gasteiger charge is 2.07. The minimum Gasteiger partial charge on any atom is -0.478 e. The molecule has 5 N–H and O–H groups in total. The highest BCUT2D eigenvalue weighted by molar-refractivity contribution is 5.95. The summed E-state index contributed by atoms with van der Waals surface area (Å²) in [5.41, 5.74) is 12.8. The van der Waals surface area contributed by atoms with Crippen LogP contribution in [0.4, 0.5) is 5.69 Å². The van der Waals surface area contributed by atoms with Crippen LogP contribution in [-0.2, 0) is 4.79 Å². The third kappa shape index (κ3) is 2.04. The molecule has 0 aliphatic heterocycles. The molecule has 0 aliphatic rings. The lowest BCUT2D eigenvalue weighted by Gasteiger charge is -2.04. The number of anilines is 1. The topological polar surface area (TPSA) is 89.3 Å². The summed E-state index contributed by atoms with van der Waals surface area (Å²) in [6, 6.07) is 6.74. The fourth-order valence-electron chi connectivity index (χ4n) is 0.994. The first-order valence-electron chi connectivity index (χ1n) is 4.08. The summed E-state index contributed by atoms with van der Waals surface area (Å²) in [7, 11) is 0. The van der Waals surface area contributed by atoms with E-state index in [4.69, 9.17) is 16.6 Å². The molecule has 4 heteroatoms. The van der Waals surface area contributed by atoms with Gasteiger partial charge < -0.3 is 16.6 Å². The normalized spacial score (nSPS) is 12.1. The average molecular weight is 192 g/mol. The minimum atomic E-state index is -1.01. The quantitative estimate of drug-likeness (QED) is 0.482. The Morgan fingerprint density at radius 1 is 1.29 bits per heavy atom. The fourth-order valence-corrected chi connectivity index (χ4v) is 0.994. The van der Waals surface area contributed by atoms with Crippen LogP contribution in [0.3, 0.4) is 0 Å². The van der Waals surface area contributed by atoms with Crippen molar-refractivity contribution in [3.8, 4) is 0 Å². The first kappa shape index (κ1) is 10.1. The van der Waals surface area contributed by atoms with Gasteiger partial charge in [-0.15, -0.1) is 0 Å². The van der Waals surface area contributed by atoms with Crippen LogP contribution in [0, 0.1) is 0 Å². The van der Waals surface area contributed by atoms with E-state index in [0.717, 1.165) is 0 Å². The largest absolute Gasteiger partial charge is 0.478 e. The van der Waals surface area contributed by atoms with Gasteiger partial charge in [0.15, 0.2) is 0 Å². The van der Waals surface area contributed by atoms with Gasteiger partial charge in [-0.05, 0) is 24.6 Å². The van der Waals surface area contributed by atoms with Gasteiger partial charge in [-0.25, -0.2) is 4.79 Å². The molecule has 0 unspecified atom stereocenters. The Morgan fingerprint density at radius 2 is 1.79 bits per heavy atom. The average Bonchev–Trinajstić information content (AvgIpc) is 2.16. The van der Waals surface area contributed by atoms with Crippen LogP contribution in [0.5, 0.6) is 0 Å². The van der Waals surface area contributed by atoms with E-state index in [9.17, 15) is 4.79 Å². The molecule has 0 saturated carbocycles. The summed E-state index contributed by atoms with van der Waals surface area (Å²) in [4.78, 5) is 10.6. The van der Waals surface area contributed by atoms with Crippen LogP contribution < -0.4 is 11.5 Å². The van der Waals surface area contributed by atoms with Crippen molar-refractivity contribution in [1.82, 2.24) is 0 Å². The Kier molecular flexibility index (Phi) is 2.76. The molecule has 0 radical (unpaired) electrons. The van der Waals surface area contributed by atoms with E-state index in [0.29, 0.717) is 11.3 Å². The van der Waals surface area contributed by atoms with Crippen molar-refractivity contribution < 1.29 is 9.90 Å². The third-order valence-corrected chi connectivity index (χ3v) is 1.95. The van der Waals surface area contributed by atoms with Gasteiger partial charge >= 0.3 is 5.97 Å². The van der Waals surface area contributed by atoms with Gasteiger partial charge in [0.1, 0.15) is 0 Å². The van der Waals surface area contributed by atoms with Crippen LogP contribution >= 0.6 is 0 Å². The van der Waals surface area contributed by atoms with E-state index in [-0.39, 0.29) is 11.3 Å². The maximum absolute atomic E-state index is 10.6. The van der Waals surface area contributed by atoms with E-state index in [2.05, 4.69) is 0 Å². The van der Waals surface area contributed by atoms with Crippen LogP contribution in [0.25, 0.3) is 5.70 Å². The molecule has 4 nitrogen and oxygen atoms in total. The molecule has 14 heavy (non-hydrogen) atoms. The van der Waals surface area contributed by atoms with Crippen LogP contribution in [-0.4, -0.2) is 11.1 Å². The SMILES string of the molecule is CC(C(=O)O)=C(N)c1ccc(N)cc1. The van der Waals surface area contributed by atoms with Gasteiger partial charge in [0.05, 0.1) is 5.57 Å². The molecule has 1 aromatic rings. The Labute approximate surface area is 81.8 Å². The molecular weight excluding hydrogens is 180 g/mol. The number of hydrogen-bond donors (Lipinski definition) is 3. The Balaban J connectivity index is 3.12.